The van der Waals surface area contributed by atoms with Gasteiger partial charge in [0.25, 0.3) is 0 Å². The molecule has 0 saturated carbocycles. The Kier molecular flexibility index (Phi) is 3.62. The van der Waals surface area contributed by atoms with Gasteiger partial charge in [-0.2, -0.15) is 13.2 Å². The Morgan fingerprint density at radius 3 is 2.44 bits per heavy atom. The van der Waals surface area contributed by atoms with Crippen LogP contribution in [-0.4, -0.2) is 22.9 Å². The number of halogens is 4. The van der Waals surface area contributed by atoms with E-state index in [0.29, 0.717) is 11.6 Å². The van der Waals surface area contributed by atoms with Crippen LogP contribution in [0.1, 0.15) is 5.56 Å². The highest BCUT2D eigenvalue weighted by molar-refractivity contribution is 5.85. The Bertz CT molecular complexity index is 499. The number of aliphatic carboxylic acids is 1. The van der Waals surface area contributed by atoms with Crippen molar-refractivity contribution in [2.24, 2.45) is 0 Å². The second-order valence-corrected chi connectivity index (χ2v) is 3.51. The molecule has 0 radical (unpaired) electrons. The Hall–Kier alpha value is -1.69. The van der Waals surface area contributed by atoms with Crippen LogP contribution in [0.15, 0.2) is 30.3 Å². The summed E-state index contributed by atoms with van der Waals surface area (Å²) in [5.41, 5.74) is -2.89. The van der Waals surface area contributed by atoms with Crippen molar-refractivity contribution < 1.29 is 27.8 Å². The van der Waals surface area contributed by atoms with Gasteiger partial charge in [-0.1, -0.05) is 24.3 Å². The van der Waals surface area contributed by atoms with E-state index in [1.54, 1.807) is 6.07 Å². The van der Waals surface area contributed by atoms with Crippen molar-refractivity contribution in [2.75, 3.05) is 0 Å². The summed E-state index contributed by atoms with van der Waals surface area (Å²) in [7, 11) is 0. The number of carbonyl (C=O) groups is 1. The van der Waals surface area contributed by atoms with E-state index < -0.39 is 17.7 Å². The smallest absolute Gasteiger partial charge is 0.443 e. The number of hydrogen-bond acceptors (Lipinski definition) is 2. The summed E-state index contributed by atoms with van der Waals surface area (Å²) in [6.45, 7) is 0. The van der Waals surface area contributed by atoms with E-state index in [1.165, 1.54) is 18.2 Å². The Morgan fingerprint density at radius 2 is 1.89 bits per heavy atom. The van der Waals surface area contributed by atoms with Crippen molar-refractivity contribution in [3.8, 4) is 5.75 Å². The molecule has 2 rings (SSSR count). The highest BCUT2D eigenvalue weighted by atomic mass is 35.5. The topological polar surface area (TPSA) is 46.5 Å². The van der Waals surface area contributed by atoms with Crippen LogP contribution in [0.4, 0.5) is 13.2 Å². The van der Waals surface area contributed by atoms with E-state index in [-0.39, 0.29) is 18.2 Å². The minimum atomic E-state index is -5.02. The van der Waals surface area contributed by atoms with Crippen molar-refractivity contribution in [2.45, 2.75) is 11.8 Å². The first kappa shape index (κ1) is 14.4. The standard InChI is InChI=1S/C11H7F3O3.ClH/c12-11(13,14)10(9(15)16)6-5-7-3-1-2-4-8(7)17-10;/h1-6H,(H,15,16);1H. The van der Waals surface area contributed by atoms with E-state index in [1.807, 2.05) is 0 Å². The minimum absolute atomic E-state index is 0. The fourth-order valence-electron chi connectivity index (χ4n) is 1.51. The van der Waals surface area contributed by atoms with Crippen molar-refractivity contribution in [1.29, 1.82) is 0 Å². The lowest BCUT2D eigenvalue weighted by Gasteiger charge is -2.32. The van der Waals surface area contributed by atoms with Gasteiger partial charge in [0.2, 0.25) is 0 Å². The first-order valence-corrected chi connectivity index (χ1v) is 4.64. The zero-order valence-corrected chi connectivity index (χ0v) is 9.59. The van der Waals surface area contributed by atoms with Gasteiger partial charge in [0.1, 0.15) is 5.75 Å². The molecule has 1 N–H and O–H groups in total. The maximum absolute atomic E-state index is 12.8. The number of carboxylic acids is 1. The summed E-state index contributed by atoms with van der Waals surface area (Å²) in [5, 5.41) is 8.75. The van der Waals surface area contributed by atoms with Gasteiger partial charge in [-0.25, -0.2) is 4.79 Å². The predicted octanol–water partition coefficient (Wildman–Crippen LogP) is 2.90. The molecular weight excluding hydrogens is 273 g/mol. The number of hydrogen-bond donors (Lipinski definition) is 1. The van der Waals surface area contributed by atoms with Crippen molar-refractivity contribution in [1.82, 2.24) is 0 Å². The zero-order valence-electron chi connectivity index (χ0n) is 8.77. The fraction of sp³-hybridized carbons (Fsp3) is 0.182. The van der Waals surface area contributed by atoms with Crippen LogP contribution in [0, 0.1) is 0 Å². The predicted molar refractivity (Wildman–Crippen MR) is 59.8 cm³/mol. The molecule has 0 fully saturated rings. The molecule has 0 aliphatic carbocycles. The van der Waals surface area contributed by atoms with Crippen LogP contribution >= 0.6 is 12.4 Å². The number of rotatable bonds is 1. The number of fused-ring (bicyclic) bond motifs is 1. The molecule has 0 bridgehead atoms. The Morgan fingerprint density at radius 1 is 1.28 bits per heavy atom. The third kappa shape index (κ3) is 2.03. The van der Waals surface area contributed by atoms with Gasteiger partial charge in [0, 0.05) is 5.56 Å². The molecule has 0 aromatic heterocycles. The fourth-order valence-corrected chi connectivity index (χ4v) is 1.51. The molecule has 1 heterocycles. The van der Waals surface area contributed by atoms with E-state index in [9.17, 15) is 18.0 Å². The molecule has 0 amide bonds. The highest BCUT2D eigenvalue weighted by Gasteiger charge is 2.63. The maximum atomic E-state index is 12.8. The van der Waals surface area contributed by atoms with Crippen LogP contribution in [0.2, 0.25) is 0 Å². The molecule has 1 unspecified atom stereocenters. The van der Waals surface area contributed by atoms with Crippen molar-refractivity contribution in [3.05, 3.63) is 35.9 Å². The summed E-state index contributed by atoms with van der Waals surface area (Å²) in [6.07, 6.45) is -3.42. The van der Waals surface area contributed by atoms with Crippen molar-refractivity contribution >= 4 is 24.5 Å². The SMILES string of the molecule is Cl.O=C(O)C1(C(F)(F)F)C=Cc2ccccc2O1. The number of carboxylic acid groups (broad SMARTS) is 1. The average molecular weight is 281 g/mol. The van der Waals surface area contributed by atoms with E-state index in [4.69, 9.17) is 5.11 Å². The van der Waals surface area contributed by atoms with Crippen LogP contribution in [0.3, 0.4) is 0 Å². The minimum Gasteiger partial charge on any atom is -0.478 e. The van der Waals surface area contributed by atoms with Gasteiger partial charge in [-0.05, 0) is 12.1 Å². The lowest BCUT2D eigenvalue weighted by atomic mass is 9.98. The monoisotopic (exact) mass is 280 g/mol. The normalized spacial score (nSPS) is 21.5. The summed E-state index contributed by atoms with van der Waals surface area (Å²) in [4.78, 5) is 10.8. The van der Waals surface area contributed by atoms with Gasteiger partial charge in [-0.15, -0.1) is 12.4 Å². The molecule has 1 aromatic rings. The molecule has 98 valence electrons. The van der Waals surface area contributed by atoms with Gasteiger partial charge in [0.15, 0.2) is 0 Å². The molecule has 7 heteroatoms. The number of alkyl halides is 3. The Balaban J connectivity index is 0.00000162. The first-order chi connectivity index (χ1) is 7.87. The molecule has 1 aromatic carbocycles. The lowest BCUT2D eigenvalue weighted by Crippen LogP contribution is -2.56. The molecule has 3 nitrogen and oxygen atoms in total. The highest BCUT2D eigenvalue weighted by Crippen LogP contribution is 2.41. The summed E-state index contributed by atoms with van der Waals surface area (Å²) in [6, 6.07) is 5.92. The third-order valence-corrected chi connectivity index (χ3v) is 2.43. The molecule has 18 heavy (non-hydrogen) atoms. The molecular formula is C11H8ClF3O3. The van der Waals surface area contributed by atoms with Crippen LogP contribution in [-0.2, 0) is 4.79 Å². The molecule has 0 spiro atoms. The van der Waals surface area contributed by atoms with E-state index in [2.05, 4.69) is 4.74 Å². The summed E-state index contributed by atoms with van der Waals surface area (Å²) >= 11 is 0. The summed E-state index contributed by atoms with van der Waals surface area (Å²) < 4.78 is 43.0. The third-order valence-electron chi connectivity index (χ3n) is 2.43. The second kappa shape index (κ2) is 4.53. The first-order valence-electron chi connectivity index (χ1n) is 4.64. The van der Waals surface area contributed by atoms with Crippen LogP contribution in [0.25, 0.3) is 6.08 Å². The second-order valence-electron chi connectivity index (χ2n) is 3.51. The van der Waals surface area contributed by atoms with Gasteiger partial charge in [0.05, 0.1) is 0 Å². The Labute approximate surface area is 106 Å². The number of benzene rings is 1. The zero-order chi connectivity index (χ0) is 12.7. The molecule has 1 aliphatic rings. The number of ether oxygens (including phenoxy) is 1. The van der Waals surface area contributed by atoms with E-state index in [0.717, 1.165) is 6.08 Å². The number of para-hydroxylation sites is 1. The average Bonchev–Trinajstić information content (AvgIpc) is 2.26. The molecule has 0 saturated heterocycles. The van der Waals surface area contributed by atoms with Crippen LogP contribution < -0.4 is 4.74 Å². The lowest BCUT2D eigenvalue weighted by molar-refractivity contribution is -0.235. The molecule has 1 atom stereocenters. The van der Waals surface area contributed by atoms with Gasteiger partial charge < -0.3 is 9.84 Å². The van der Waals surface area contributed by atoms with Crippen molar-refractivity contribution in [3.63, 3.8) is 0 Å². The maximum Gasteiger partial charge on any atom is 0.443 e. The largest absolute Gasteiger partial charge is 0.478 e. The van der Waals surface area contributed by atoms with E-state index >= 15 is 0 Å². The van der Waals surface area contributed by atoms with Gasteiger partial charge in [-0.3, -0.25) is 0 Å². The van der Waals surface area contributed by atoms with Crippen LogP contribution in [0.5, 0.6) is 5.75 Å². The summed E-state index contributed by atoms with van der Waals surface area (Å²) in [5.74, 6) is -2.19. The molecule has 1 aliphatic heterocycles. The quantitative estimate of drug-likeness (QED) is 0.860. The van der Waals surface area contributed by atoms with Gasteiger partial charge >= 0.3 is 17.7 Å².